The van der Waals surface area contributed by atoms with Crippen LogP contribution in [0.3, 0.4) is 0 Å². The van der Waals surface area contributed by atoms with Crippen molar-refractivity contribution in [2.24, 2.45) is 0 Å². The average molecular weight is 192 g/mol. The zero-order valence-electron chi connectivity index (χ0n) is 8.32. The van der Waals surface area contributed by atoms with Gasteiger partial charge in [-0.2, -0.15) is 0 Å². The van der Waals surface area contributed by atoms with Crippen LogP contribution in [0.2, 0.25) is 0 Å². The van der Waals surface area contributed by atoms with Crippen LogP contribution in [-0.2, 0) is 0 Å². The SMILES string of the molecule is CNCC(F)(F)CC1CCCN1C. The van der Waals surface area contributed by atoms with Gasteiger partial charge in [0.05, 0.1) is 6.54 Å². The van der Waals surface area contributed by atoms with Gasteiger partial charge in [0.1, 0.15) is 0 Å². The molecule has 0 saturated carbocycles. The number of hydrogen-bond acceptors (Lipinski definition) is 2. The maximum atomic E-state index is 13.2. The molecular weight excluding hydrogens is 174 g/mol. The van der Waals surface area contributed by atoms with Crippen LogP contribution in [0.1, 0.15) is 19.3 Å². The summed E-state index contributed by atoms with van der Waals surface area (Å²) in [5.41, 5.74) is 0. The lowest BCUT2D eigenvalue weighted by Crippen LogP contribution is -2.38. The van der Waals surface area contributed by atoms with Crippen LogP contribution >= 0.6 is 0 Å². The molecule has 1 unspecified atom stereocenters. The number of alkyl halides is 2. The van der Waals surface area contributed by atoms with Crippen molar-refractivity contribution in [2.45, 2.75) is 31.2 Å². The van der Waals surface area contributed by atoms with E-state index >= 15 is 0 Å². The zero-order valence-corrected chi connectivity index (χ0v) is 8.32. The fourth-order valence-corrected chi connectivity index (χ4v) is 1.91. The van der Waals surface area contributed by atoms with Gasteiger partial charge in [-0.15, -0.1) is 0 Å². The Balaban J connectivity index is 2.37. The number of nitrogens with zero attached hydrogens (tertiary/aromatic N) is 1. The summed E-state index contributed by atoms with van der Waals surface area (Å²) < 4.78 is 26.3. The third kappa shape index (κ3) is 3.19. The fourth-order valence-electron chi connectivity index (χ4n) is 1.91. The number of nitrogens with one attached hydrogen (secondary N) is 1. The summed E-state index contributed by atoms with van der Waals surface area (Å²) >= 11 is 0. The first-order valence-electron chi connectivity index (χ1n) is 4.78. The van der Waals surface area contributed by atoms with E-state index in [0.29, 0.717) is 0 Å². The topological polar surface area (TPSA) is 15.3 Å². The Labute approximate surface area is 78.3 Å². The Morgan fingerprint density at radius 1 is 1.54 bits per heavy atom. The predicted octanol–water partition coefficient (Wildman–Crippen LogP) is 1.33. The van der Waals surface area contributed by atoms with Crippen molar-refractivity contribution in [1.29, 1.82) is 0 Å². The molecule has 1 fully saturated rings. The minimum Gasteiger partial charge on any atom is -0.314 e. The standard InChI is InChI=1S/C9H18F2N2/c1-12-7-9(10,11)6-8-4-3-5-13(8)2/h8,12H,3-7H2,1-2H3. The first-order valence-corrected chi connectivity index (χ1v) is 4.78. The zero-order chi connectivity index (χ0) is 9.90. The largest absolute Gasteiger partial charge is 0.314 e. The van der Waals surface area contributed by atoms with Gasteiger partial charge in [-0.25, -0.2) is 8.78 Å². The third-order valence-electron chi connectivity index (χ3n) is 2.64. The summed E-state index contributed by atoms with van der Waals surface area (Å²) in [6.45, 7) is 0.748. The molecule has 13 heavy (non-hydrogen) atoms. The van der Waals surface area contributed by atoms with Crippen LogP contribution in [0.5, 0.6) is 0 Å². The summed E-state index contributed by atoms with van der Waals surface area (Å²) in [5.74, 6) is -2.56. The minimum atomic E-state index is -2.56. The minimum absolute atomic E-state index is 0.00958. The predicted molar refractivity (Wildman–Crippen MR) is 49.1 cm³/mol. The summed E-state index contributed by atoms with van der Waals surface area (Å²) in [7, 11) is 3.49. The lowest BCUT2D eigenvalue weighted by atomic mass is 10.1. The Morgan fingerprint density at radius 2 is 2.23 bits per heavy atom. The summed E-state index contributed by atoms with van der Waals surface area (Å²) in [6.07, 6.45) is 1.96. The van der Waals surface area contributed by atoms with Gasteiger partial charge < -0.3 is 10.2 Å². The molecule has 1 aliphatic heterocycles. The molecule has 78 valence electrons. The van der Waals surface area contributed by atoms with Crippen LogP contribution < -0.4 is 5.32 Å². The Bertz CT molecular complexity index is 162. The highest BCUT2D eigenvalue weighted by atomic mass is 19.3. The molecule has 2 nitrogen and oxygen atoms in total. The summed E-state index contributed by atoms with van der Waals surface area (Å²) in [4.78, 5) is 2.03. The molecule has 0 aromatic rings. The maximum absolute atomic E-state index is 13.2. The van der Waals surface area contributed by atoms with Gasteiger partial charge in [0.2, 0.25) is 0 Å². The molecule has 0 aromatic heterocycles. The second-order valence-corrected chi connectivity index (χ2v) is 3.87. The van der Waals surface area contributed by atoms with Gasteiger partial charge in [-0.1, -0.05) is 0 Å². The molecule has 4 heteroatoms. The van der Waals surface area contributed by atoms with Crippen LogP contribution in [0.4, 0.5) is 8.78 Å². The molecule has 0 amide bonds. The lowest BCUT2D eigenvalue weighted by Gasteiger charge is -2.24. The molecule has 1 rings (SSSR count). The van der Waals surface area contributed by atoms with E-state index in [-0.39, 0.29) is 19.0 Å². The van der Waals surface area contributed by atoms with E-state index in [1.54, 1.807) is 7.05 Å². The van der Waals surface area contributed by atoms with E-state index in [2.05, 4.69) is 5.32 Å². The van der Waals surface area contributed by atoms with E-state index in [4.69, 9.17) is 0 Å². The highest BCUT2D eigenvalue weighted by molar-refractivity contribution is 4.83. The van der Waals surface area contributed by atoms with E-state index in [0.717, 1.165) is 19.4 Å². The normalized spacial score (nSPS) is 25.4. The first kappa shape index (κ1) is 10.9. The fraction of sp³-hybridized carbons (Fsp3) is 1.00. The van der Waals surface area contributed by atoms with Crippen molar-refractivity contribution in [1.82, 2.24) is 10.2 Å². The monoisotopic (exact) mass is 192 g/mol. The van der Waals surface area contributed by atoms with Crippen LogP contribution in [0.25, 0.3) is 0 Å². The van der Waals surface area contributed by atoms with Gasteiger partial charge >= 0.3 is 0 Å². The lowest BCUT2D eigenvalue weighted by molar-refractivity contribution is -0.0224. The number of halogens is 2. The third-order valence-corrected chi connectivity index (χ3v) is 2.64. The van der Waals surface area contributed by atoms with E-state index in [1.165, 1.54) is 0 Å². The molecule has 0 aliphatic carbocycles. The van der Waals surface area contributed by atoms with Crippen LogP contribution in [0.15, 0.2) is 0 Å². The van der Waals surface area contributed by atoms with Crippen molar-refractivity contribution in [3.63, 3.8) is 0 Å². The van der Waals surface area contributed by atoms with Gasteiger partial charge in [-0.05, 0) is 33.5 Å². The smallest absolute Gasteiger partial charge is 0.261 e. The van der Waals surface area contributed by atoms with E-state index in [1.807, 2.05) is 11.9 Å². The van der Waals surface area contributed by atoms with Gasteiger partial charge in [0.15, 0.2) is 0 Å². The van der Waals surface area contributed by atoms with Gasteiger partial charge in [-0.3, -0.25) is 0 Å². The Morgan fingerprint density at radius 3 is 2.69 bits per heavy atom. The maximum Gasteiger partial charge on any atom is 0.261 e. The van der Waals surface area contributed by atoms with Crippen LogP contribution in [0, 0.1) is 0 Å². The molecule has 0 spiro atoms. The quantitative estimate of drug-likeness (QED) is 0.722. The molecule has 1 heterocycles. The van der Waals surface area contributed by atoms with Gasteiger partial charge in [0.25, 0.3) is 5.92 Å². The highest BCUT2D eigenvalue weighted by Crippen LogP contribution is 2.27. The highest BCUT2D eigenvalue weighted by Gasteiger charge is 2.34. The van der Waals surface area contributed by atoms with Crippen molar-refractivity contribution < 1.29 is 8.78 Å². The van der Waals surface area contributed by atoms with E-state index < -0.39 is 5.92 Å². The molecule has 1 atom stereocenters. The number of hydrogen-bond donors (Lipinski definition) is 1. The van der Waals surface area contributed by atoms with Crippen molar-refractivity contribution in [3.8, 4) is 0 Å². The average Bonchev–Trinajstić information content (AvgIpc) is 2.35. The Kier molecular flexibility index (Phi) is 3.62. The van der Waals surface area contributed by atoms with Crippen molar-refractivity contribution in [3.05, 3.63) is 0 Å². The summed E-state index contributed by atoms with van der Waals surface area (Å²) in [6, 6.07) is 0.0725. The number of likely N-dealkylation sites (tertiary alicyclic amines) is 1. The van der Waals surface area contributed by atoms with E-state index in [9.17, 15) is 8.78 Å². The molecule has 1 saturated heterocycles. The molecule has 1 aliphatic rings. The number of rotatable bonds is 4. The molecule has 0 aromatic carbocycles. The Hall–Kier alpha value is -0.220. The first-order chi connectivity index (χ1) is 6.05. The molecule has 1 N–H and O–H groups in total. The van der Waals surface area contributed by atoms with Crippen molar-refractivity contribution in [2.75, 3.05) is 27.2 Å². The molecule has 0 radical (unpaired) electrons. The second-order valence-electron chi connectivity index (χ2n) is 3.87. The van der Waals surface area contributed by atoms with Crippen LogP contribution in [-0.4, -0.2) is 44.0 Å². The molecule has 0 bridgehead atoms. The van der Waals surface area contributed by atoms with Gasteiger partial charge in [0, 0.05) is 12.5 Å². The second kappa shape index (κ2) is 4.33. The molecular formula is C9H18F2N2. The van der Waals surface area contributed by atoms with Crippen molar-refractivity contribution >= 4 is 0 Å². The summed E-state index contributed by atoms with van der Waals surface area (Å²) in [5, 5.41) is 2.53.